The normalized spacial score (nSPS) is 12.3. The highest BCUT2D eigenvalue weighted by Gasteiger charge is 2.30. The van der Waals surface area contributed by atoms with E-state index < -0.39 is 10.1 Å². The van der Waals surface area contributed by atoms with E-state index in [1.807, 2.05) is 33.8 Å². The second kappa shape index (κ2) is 8.52. The fourth-order valence-electron chi connectivity index (χ4n) is 2.38. The zero-order chi connectivity index (χ0) is 17.5. The molecule has 0 spiro atoms. The Bertz CT molecular complexity index is 590. The Morgan fingerprint density at radius 3 is 2.35 bits per heavy atom. The Balaban J connectivity index is 2.52. The molecule has 1 aromatic rings. The summed E-state index contributed by atoms with van der Waals surface area (Å²) in [7, 11) is -3.57. The maximum Gasteiger partial charge on any atom is 0.314 e. The van der Waals surface area contributed by atoms with Gasteiger partial charge in [0.1, 0.15) is 25.4 Å². The van der Waals surface area contributed by atoms with Gasteiger partial charge in [0, 0.05) is 18.3 Å². The molecule has 0 fully saturated rings. The summed E-state index contributed by atoms with van der Waals surface area (Å²) in [4.78, 5) is 0. The topological polar surface area (TPSA) is 75.6 Å². The summed E-state index contributed by atoms with van der Waals surface area (Å²) in [6, 6.07) is 5.07. The van der Waals surface area contributed by atoms with Gasteiger partial charge in [-0.1, -0.05) is 10.4 Å². The van der Waals surface area contributed by atoms with Gasteiger partial charge in [-0.25, -0.2) is 0 Å². The predicted octanol–water partition coefficient (Wildman–Crippen LogP) is 2.64. The van der Waals surface area contributed by atoms with E-state index >= 15 is 0 Å². The molecule has 2 N–H and O–H groups in total. The number of hydrogen-bond donors (Lipinski definition) is 2. The molecule has 0 aliphatic rings. The van der Waals surface area contributed by atoms with Gasteiger partial charge < -0.3 is 10.4 Å². The lowest BCUT2D eigenvalue weighted by Crippen LogP contribution is -2.49. The Labute approximate surface area is 139 Å². The maximum atomic E-state index is 12.1. The van der Waals surface area contributed by atoms with E-state index in [0.717, 1.165) is 11.3 Å². The maximum absolute atomic E-state index is 12.1. The third kappa shape index (κ3) is 6.01. The van der Waals surface area contributed by atoms with Crippen molar-refractivity contribution in [2.75, 3.05) is 37.2 Å². The number of aromatic hydroxyl groups is 1. The number of nitrogens with one attached hydrogen (secondary N) is 1. The van der Waals surface area contributed by atoms with E-state index in [1.54, 1.807) is 12.1 Å². The van der Waals surface area contributed by atoms with Crippen molar-refractivity contribution in [2.45, 2.75) is 34.1 Å². The molecule has 23 heavy (non-hydrogen) atoms. The molecule has 0 unspecified atom stereocenters. The lowest BCUT2D eigenvalue weighted by Gasteiger charge is -2.30. The molecule has 0 amide bonds. The summed E-state index contributed by atoms with van der Waals surface area (Å²) in [6.07, 6.45) is 0.439. The third-order valence-corrected chi connectivity index (χ3v) is 5.44. The van der Waals surface area contributed by atoms with Crippen LogP contribution in [0.2, 0.25) is 0 Å². The largest absolute Gasteiger partial charge is 0.508 e. The van der Waals surface area contributed by atoms with Crippen molar-refractivity contribution in [2.24, 2.45) is 0 Å². The Kier molecular flexibility index (Phi) is 7.31. The number of anilines is 1. The van der Waals surface area contributed by atoms with Gasteiger partial charge in [0.05, 0.1) is 5.75 Å². The van der Waals surface area contributed by atoms with Crippen LogP contribution in [0.4, 0.5) is 5.69 Å². The molecule has 0 heterocycles. The fourth-order valence-corrected chi connectivity index (χ4v) is 3.75. The molecule has 6 nitrogen and oxygen atoms in total. The first-order valence-corrected chi connectivity index (χ1v) is 9.68. The van der Waals surface area contributed by atoms with Crippen LogP contribution < -0.4 is 5.32 Å². The minimum atomic E-state index is -3.57. The summed E-state index contributed by atoms with van der Waals surface area (Å²) in [5, 5.41) is 12.6. The van der Waals surface area contributed by atoms with Gasteiger partial charge in [-0.2, -0.15) is 13.1 Å². The molecule has 0 saturated carbocycles. The summed E-state index contributed by atoms with van der Waals surface area (Å²) < 4.78 is 29.8. The van der Waals surface area contributed by atoms with Crippen molar-refractivity contribution in [3.05, 3.63) is 23.8 Å². The van der Waals surface area contributed by atoms with Gasteiger partial charge in [0.2, 0.25) is 0 Å². The van der Waals surface area contributed by atoms with E-state index in [4.69, 9.17) is 4.28 Å². The molecule has 0 saturated heterocycles. The molecule has 0 atom stereocenters. The quantitative estimate of drug-likeness (QED) is 0.387. The SMILES string of the molecule is CC[N+](CC)(CC)OS(=O)(=O)CCCNc1cc(O)ccc1C. The highest BCUT2D eigenvalue weighted by atomic mass is 32.2. The van der Waals surface area contributed by atoms with Crippen LogP contribution in [0.3, 0.4) is 0 Å². The first-order chi connectivity index (χ1) is 10.8. The molecule has 0 aromatic heterocycles. The van der Waals surface area contributed by atoms with Crippen molar-refractivity contribution in [3.8, 4) is 5.75 Å². The number of hydroxylamine groups is 3. The standard InChI is InChI=1S/C16H28N2O4S/c1-5-18(6-2,7-3)22-23(20,21)12-8-11-17-16-13-15(19)10-9-14(16)4/h9-10,13,17H,5-8,11-12H2,1-4H3/p+1. The molecule has 1 aromatic carbocycles. The van der Waals surface area contributed by atoms with Gasteiger partial charge in [0.25, 0.3) is 0 Å². The van der Waals surface area contributed by atoms with Crippen LogP contribution in [0.15, 0.2) is 18.2 Å². The number of rotatable bonds is 10. The Morgan fingerprint density at radius 2 is 1.78 bits per heavy atom. The molecular weight excluding hydrogens is 316 g/mol. The van der Waals surface area contributed by atoms with E-state index in [1.165, 1.54) is 0 Å². The fraction of sp³-hybridized carbons (Fsp3) is 0.625. The van der Waals surface area contributed by atoms with Gasteiger partial charge >= 0.3 is 10.1 Å². The van der Waals surface area contributed by atoms with Crippen LogP contribution in [-0.2, 0) is 14.4 Å². The number of hydrogen-bond acceptors (Lipinski definition) is 5. The molecule has 0 aliphatic carbocycles. The van der Waals surface area contributed by atoms with Crippen molar-refractivity contribution in [3.63, 3.8) is 0 Å². The molecule has 132 valence electrons. The number of aryl methyl sites for hydroxylation is 1. The smallest absolute Gasteiger partial charge is 0.314 e. The molecule has 1 rings (SSSR count). The zero-order valence-corrected chi connectivity index (χ0v) is 15.3. The van der Waals surface area contributed by atoms with Crippen molar-refractivity contribution in [1.29, 1.82) is 0 Å². The Morgan fingerprint density at radius 1 is 1.17 bits per heavy atom. The van der Waals surface area contributed by atoms with E-state index in [-0.39, 0.29) is 16.1 Å². The van der Waals surface area contributed by atoms with Gasteiger partial charge in [-0.05, 0) is 45.7 Å². The third-order valence-electron chi connectivity index (χ3n) is 4.11. The van der Waals surface area contributed by atoms with Crippen LogP contribution in [0.1, 0.15) is 32.8 Å². The summed E-state index contributed by atoms with van der Waals surface area (Å²) in [5.74, 6) is 0.155. The first kappa shape index (κ1) is 19.7. The second-order valence-corrected chi connectivity index (χ2v) is 7.30. The number of quaternary nitrogens is 1. The van der Waals surface area contributed by atoms with Gasteiger partial charge in [-0.3, -0.25) is 0 Å². The molecule has 7 heteroatoms. The molecule has 0 bridgehead atoms. The van der Waals surface area contributed by atoms with E-state index in [9.17, 15) is 13.5 Å². The second-order valence-electron chi connectivity index (χ2n) is 5.62. The monoisotopic (exact) mass is 345 g/mol. The van der Waals surface area contributed by atoms with Crippen LogP contribution >= 0.6 is 0 Å². The Hall–Kier alpha value is -1.31. The number of phenols is 1. The molecule has 0 aliphatic heterocycles. The number of nitrogens with zero attached hydrogens (tertiary/aromatic N) is 1. The average molecular weight is 345 g/mol. The van der Waals surface area contributed by atoms with E-state index in [2.05, 4.69) is 5.32 Å². The molecule has 0 radical (unpaired) electrons. The van der Waals surface area contributed by atoms with Crippen LogP contribution in [-0.4, -0.2) is 50.1 Å². The zero-order valence-electron chi connectivity index (χ0n) is 14.5. The van der Waals surface area contributed by atoms with Gasteiger partial charge in [-0.15, -0.1) is 0 Å². The molecular formula is C16H29N2O4S+. The van der Waals surface area contributed by atoms with Crippen molar-refractivity contribution >= 4 is 15.8 Å². The highest BCUT2D eigenvalue weighted by molar-refractivity contribution is 7.86. The van der Waals surface area contributed by atoms with Gasteiger partial charge in [0.15, 0.2) is 0 Å². The summed E-state index contributed by atoms with van der Waals surface area (Å²) in [6.45, 7) is 10.1. The van der Waals surface area contributed by atoms with Crippen LogP contribution in [0.5, 0.6) is 5.75 Å². The highest BCUT2D eigenvalue weighted by Crippen LogP contribution is 2.20. The summed E-state index contributed by atoms with van der Waals surface area (Å²) in [5.41, 5.74) is 1.81. The minimum Gasteiger partial charge on any atom is -0.508 e. The lowest BCUT2D eigenvalue weighted by atomic mass is 10.2. The minimum absolute atomic E-state index is 0.0299. The van der Waals surface area contributed by atoms with Crippen molar-refractivity contribution < 1.29 is 22.5 Å². The number of phenolic OH excluding ortho intramolecular Hbond substituents is 1. The number of benzene rings is 1. The summed E-state index contributed by atoms with van der Waals surface area (Å²) >= 11 is 0. The predicted molar refractivity (Wildman–Crippen MR) is 92.7 cm³/mol. The lowest BCUT2D eigenvalue weighted by molar-refractivity contribution is -1.08. The first-order valence-electron chi connectivity index (χ1n) is 8.11. The average Bonchev–Trinajstić information content (AvgIpc) is 2.52. The van der Waals surface area contributed by atoms with Crippen molar-refractivity contribution in [1.82, 2.24) is 0 Å². The van der Waals surface area contributed by atoms with E-state index in [0.29, 0.717) is 32.6 Å². The van der Waals surface area contributed by atoms with Crippen LogP contribution in [0, 0.1) is 6.92 Å². The van der Waals surface area contributed by atoms with Crippen LogP contribution in [0.25, 0.3) is 0 Å².